The average molecular weight is 923 g/mol. The highest BCUT2D eigenvalue weighted by Gasteiger charge is 2.51. The lowest BCUT2D eigenvalue weighted by Crippen LogP contribution is -2.64. The second-order valence-electron chi connectivity index (χ2n) is 16.6. The van der Waals surface area contributed by atoms with Crippen LogP contribution in [0.25, 0.3) is 0 Å². The van der Waals surface area contributed by atoms with Gasteiger partial charge in [-0.05, 0) is 89.9 Å². The second-order valence-corrected chi connectivity index (χ2v) is 18.0. The molecule has 64 heavy (non-hydrogen) atoms. The van der Waals surface area contributed by atoms with Crippen LogP contribution in [0.1, 0.15) is 168 Å². The van der Waals surface area contributed by atoms with Crippen molar-refractivity contribution >= 4 is 13.8 Å². The summed E-state index contributed by atoms with van der Waals surface area (Å²) in [4.78, 5) is 23.2. The quantitative estimate of drug-likeness (QED) is 0.0148. The maximum atomic E-state index is 12.8. The first-order chi connectivity index (χ1) is 31.0. The molecule has 1 fully saturated rings. The Morgan fingerprint density at radius 3 is 1.41 bits per heavy atom. The Bertz CT molecular complexity index is 1380. The molecule has 0 aromatic rings. The molecule has 0 aliphatic heterocycles. The van der Waals surface area contributed by atoms with Crippen LogP contribution in [-0.2, 0) is 27.9 Å². The predicted octanol–water partition coefficient (Wildman–Crippen LogP) is 10.5. The fraction of sp³-hybridized carbons (Fsp3) is 0.706. The minimum atomic E-state index is -5.04. The summed E-state index contributed by atoms with van der Waals surface area (Å²) in [6, 6.07) is 0. The number of allylic oxidation sites excluding steroid dienone is 14. The fourth-order valence-electron chi connectivity index (χ4n) is 6.88. The smallest absolute Gasteiger partial charge is 0.457 e. The van der Waals surface area contributed by atoms with Crippen molar-refractivity contribution in [3.8, 4) is 0 Å². The van der Waals surface area contributed by atoms with Gasteiger partial charge in [0.15, 0.2) is 0 Å². The van der Waals surface area contributed by atoms with Crippen molar-refractivity contribution in [2.45, 2.75) is 211 Å². The van der Waals surface area contributed by atoms with Crippen LogP contribution in [-0.4, -0.2) is 98.9 Å². The van der Waals surface area contributed by atoms with E-state index in [9.17, 15) is 39.8 Å². The van der Waals surface area contributed by atoms with Crippen LogP contribution in [0.15, 0.2) is 85.1 Å². The summed E-state index contributed by atoms with van der Waals surface area (Å²) in [7, 11) is -5.04. The zero-order valence-corrected chi connectivity index (χ0v) is 40.2. The first-order valence-corrected chi connectivity index (χ1v) is 25.9. The molecule has 0 radical (unpaired) electrons. The Kier molecular flexibility index (Phi) is 37.9. The predicted molar refractivity (Wildman–Crippen MR) is 258 cm³/mol. The number of ether oxygens (including phenoxy) is 2. The number of aliphatic hydroxyl groups excluding tert-OH is 5. The molecule has 0 amide bonds. The molecule has 12 nitrogen and oxygen atoms in total. The first kappa shape index (κ1) is 59.5. The molecule has 1 saturated carbocycles. The molecule has 6 atom stereocenters. The van der Waals surface area contributed by atoms with Crippen molar-refractivity contribution in [3.05, 3.63) is 85.1 Å². The number of carbonyl (C=O) groups is 1. The number of aliphatic hydroxyl groups is 5. The SMILES string of the molecule is CC/C=C\C/C=C\C/C=C\C/C=C\C/C=C\CCCCCCCC(=O)OC(COCCCCCCCC/C=C\C/C=C\CCCCC)COP(=O)(O)OC1C(O)C(O)C(O)C(O)C1O. The standard InChI is InChI=1S/C51H87O12P/c1-3-5-7-9-11-13-15-17-19-21-22-23-24-25-26-28-30-32-34-36-38-40-45(52)62-44(43-61-64(58,59)63-51-49(56)47(54)46(53)48(55)50(51)57)42-60-41-39-37-35-33-31-29-27-20-18-16-14-12-10-8-6-4-2/h5,7,11-14,17-20,22-23,25-26,44,46-51,53-57H,3-4,6,8-10,15-16,21,24,27-43H2,1-2H3,(H,58,59)/b7-5-,13-11-,14-12-,19-17-,20-18-,23-22-,26-25-. The number of phosphoric acid groups is 1. The van der Waals surface area contributed by atoms with Crippen LogP contribution in [0.2, 0.25) is 0 Å². The molecule has 1 aliphatic carbocycles. The highest BCUT2D eigenvalue weighted by molar-refractivity contribution is 7.47. The monoisotopic (exact) mass is 923 g/mol. The van der Waals surface area contributed by atoms with Crippen molar-refractivity contribution in [1.82, 2.24) is 0 Å². The fourth-order valence-corrected chi connectivity index (χ4v) is 7.85. The summed E-state index contributed by atoms with van der Waals surface area (Å²) in [6.45, 7) is 4.07. The van der Waals surface area contributed by atoms with Crippen molar-refractivity contribution in [2.24, 2.45) is 0 Å². The molecule has 0 spiro atoms. The third kappa shape index (κ3) is 32.2. The molecule has 6 N–H and O–H groups in total. The Morgan fingerprint density at radius 2 is 0.922 bits per heavy atom. The van der Waals surface area contributed by atoms with Gasteiger partial charge in [0.1, 0.15) is 42.7 Å². The van der Waals surface area contributed by atoms with Crippen LogP contribution in [0.3, 0.4) is 0 Å². The van der Waals surface area contributed by atoms with E-state index in [2.05, 4.69) is 98.9 Å². The van der Waals surface area contributed by atoms with Crippen molar-refractivity contribution in [3.63, 3.8) is 0 Å². The van der Waals surface area contributed by atoms with Gasteiger partial charge >= 0.3 is 13.8 Å². The highest BCUT2D eigenvalue weighted by atomic mass is 31.2. The molecule has 0 heterocycles. The lowest BCUT2D eigenvalue weighted by Gasteiger charge is -2.41. The number of carbonyl (C=O) groups excluding carboxylic acids is 1. The summed E-state index contributed by atoms with van der Waals surface area (Å²) < 4.78 is 34.2. The first-order valence-electron chi connectivity index (χ1n) is 24.4. The molecule has 13 heteroatoms. The van der Waals surface area contributed by atoms with Gasteiger partial charge in [0, 0.05) is 13.0 Å². The Labute approximate surface area is 386 Å². The number of phosphoric ester groups is 1. The molecule has 1 rings (SSSR count). The van der Waals surface area contributed by atoms with Crippen molar-refractivity contribution in [1.29, 1.82) is 0 Å². The minimum absolute atomic E-state index is 0.0971. The zero-order valence-electron chi connectivity index (χ0n) is 39.3. The Hall–Kier alpha value is -2.48. The summed E-state index contributed by atoms with van der Waals surface area (Å²) in [5.41, 5.74) is 0. The lowest BCUT2D eigenvalue weighted by molar-refractivity contribution is -0.220. The van der Waals surface area contributed by atoms with E-state index < -0.39 is 63.1 Å². The van der Waals surface area contributed by atoms with Gasteiger partial charge in [0.25, 0.3) is 0 Å². The maximum absolute atomic E-state index is 12.8. The molecule has 0 bridgehead atoms. The van der Waals surface area contributed by atoms with Crippen LogP contribution < -0.4 is 0 Å². The summed E-state index contributed by atoms with van der Waals surface area (Å²) >= 11 is 0. The van der Waals surface area contributed by atoms with E-state index in [1.165, 1.54) is 25.7 Å². The van der Waals surface area contributed by atoms with E-state index in [4.69, 9.17) is 18.5 Å². The van der Waals surface area contributed by atoms with Crippen molar-refractivity contribution < 1.29 is 58.3 Å². The molecular weight excluding hydrogens is 836 g/mol. The highest BCUT2D eigenvalue weighted by Crippen LogP contribution is 2.47. The molecule has 0 saturated heterocycles. The van der Waals surface area contributed by atoms with E-state index in [0.717, 1.165) is 116 Å². The summed E-state index contributed by atoms with van der Waals surface area (Å²) in [5, 5.41) is 50.3. The lowest BCUT2D eigenvalue weighted by atomic mass is 9.85. The van der Waals surface area contributed by atoms with E-state index >= 15 is 0 Å². The van der Waals surface area contributed by atoms with Gasteiger partial charge in [-0.3, -0.25) is 13.8 Å². The van der Waals surface area contributed by atoms with Crippen molar-refractivity contribution in [2.75, 3.05) is 19.8 Å². The number of hydrogen-bond acceptors (Lipinski definition) is 11. The van der Waals surface area contributed by atoms with Gasteiger partial charge in [-0.15, -0.1) is 0 Å². The third-order valence-corrected chi connectivity index (χ3v) is 11.7. The maximum Gasteiger partial charge on any atom is 0.472 e. The van der Waals surface area contributed by atoms with E-state index in [0.29, 0.717) is 13.0 Å². The van der Waals surface area contributed by atoms with Gasteiger partial charge in [-0.1, -0.05) is 157 Å². The van der Waals surface area contributed by atoms with E-state index in [-0.39, 0.29) is 13.0 Å². The minimum Gasteiger partial charge on any atom is -0.457 e. The Balaban J connectivity index is 2.40. The number of esters is 1. The van der Waals surface area contributed by atoms with Crippen LogP contribution in [0.5, 0.6) is 0 Å². The van der Waals surface area contributed by atoms with Gasteiger partial charge in [0.2, 0.25) is 0 Å². The molecule has 0 aromatic carbocycles. The van der Waals surface area contributed by atoms with Gasteiger partial charge in [0.05, 0.1) is 13.2 Å². The van der Waals surface area contributed by atoms with Crippen LogP contribution in [0.4, 0.5) is 0 Å². The summed E-state index contributed by atoms with van der Waals surface area (Å²) in [6.07, 6.45) is 42.1. The van der Waals surface area contributed by atoms with Crippen LogP contribution >= 0.6 is 7.82 Å². The Morgan fingerprint density at radius 1 is 0.516 bits per heavy atom. The van der Waals surface area contributed by atoms with Gasteiger partial charge in [-0.2, -0.15) is 0 Å². The summed E-state index contributed by atoms with van der Waals surface area (Å²) in [5.74, 6) is -0.503. The van der Waals surface area contributed by atoms with E-state index in [1.54, 1.807) is 0 Å². The topological polar surface area (TPSA) is 192 Å². The number of unbranched alkanes of at least 4 members (excludes halogenated alkanes) is 14. The molecule has 1 aliphatic rings. The van der Waals surface area contributed by atoms with E-state index in [1.807, 2.05) is 0 Å². The number of hydrogen-bond donors (Lipinski definition) is 6. The number of rotatable bonds is 40. The van der Waals surface area contributed by atoms with Crippen LogP contribution in [0, 0.1) is 0 Å². The molecular formula is C51H87O12P. The largest absolute Gasteiger partial charge is 0.472 e. The third-order valence-electron chi connectivity index (χ3n) is 10.8. The second kappa shape index (κ2) is 40.8. The average Bonchev–Trinajstić information content (AvgIpc) is 3.28. The molecule has 0 aromatic heterocycles. The zero-order chi connectivity index (χ0) is 46.9. The molecule has 368 valence electrons. The van der Waals surface area contributed by atoms with Gasteiger partial charge in [-0.25, -0.2) is 4.57 Å². The molecule has 6 unspecified atom stereocenters. The normalized spacial score (nSPS) is 22.4. The van der Waals surface area contributed by atoms with Gasteiger partial charge < -0.3 is 39.9 Å².